The second-order valence-corrected chi connectivity index (χ2v) is 7.54. The molecule has 3 aromatic rings. The highest BCUT2D eigenvalue weighted by Crippen LogP contribution is 2.33. The molecule has 29 heavy (non-hydrogen) atoms. The number of hydrogen-bond donors (Lipinski definition) is 0. The van der Waals surface area contributed by atoms with Crippen LogP contribution < -0.4 is 14.7 Å². The van der Waals surface area contributed by atoms with Crippen LogP contribution in [-0.4, -0.2) is 52.7 Å². The molecule has 1 aromatic carbocycles. The average molecular weight is 387 g/mol. The van der Waals surface area contributed by atoms with Crippen LogP contribution in [0.15, 0.2) is 48.8 Å². The minimum absolute atomic E-state index is 0.802. The Morgan fingerprint density at radius 1 is 0.793 bits per heavy atom. The van der Waals surface area contributed by atoms with E-state index in [-0.39, 0.29) is 0 Å². The summed E-state index contributed by atoms with van der Waals surface area (Å²) in [5.74, 6) is 3.61. The van der Waals surface area contributed by atoms with Gasteiger partial charge in [0, 0.05) is 56.9 Å². The Labute approximate surface area is 171 Å². The lowest BCUT2D eigenvalue weighted by molar-refractivity contribution is 0.632. The fourth-order valence-electron chi connectivity index (χ4n) is 4.20. The van der Waals surface area contributed by atoms with E-state index in [4.69, 9.17) is 9.97 Å². The molecule has 1 fully saturated rings. The van der Waals surface area contributed by atoms with Gasteiger partial charge in [0.2, 0.25) is 5.95 Å². The van der Waals surface area contributed by atoms with Gasteiger partial charge in [0.15, 0.2) is 0 Å². The van der Waals surface area contributed by atoms with Gasteiger partial charge in [-0.05, 0) is 37.5 Å². The Kier molecular flexibility index (Phi) is 4.71. The molecular formula is C22H25N7. The van der Waals surface area contributed by atoms with Gasteiger partial charge in [0.1, 0.15) is 17.5 Å². The number of anilines is 4. The molecule has 0 unspecified atom stereocenters. The number of aryl methyl sites for hydroxylation is 2. The molecule has 0 amide bonds. The molecule has 148 valence electrons. The van der Waals surface area contributed by atoms with Crippen molar-refractivity contribution in [2.45, 2.75) is 19.8 Å². The lowest BCUT2D eigenvalue weighted by atomic mass is 10.0. The number of fused-ring (bicyclic) bond motifs is 1. The highest BCUT2D eigenvalue weighted by atomic mass is 15.3. The third kappa shape index (κ3) is 3.60. The quantitative estimate of drug-likeness (QED) is 0.685. The standard InChI is InChI=1S/C22H25N7/c1-17-25-20(27-12-14-28(15-13-27)22-23-9-5-10-24-22)16-21(26-17)29-11-4-7-18-6-2-3-8-19(18)29/h2-3,5-6,8-10,16H,4,7,11-15H2,1H3. The maximum Gasteiger partial charge on any atom is 0.225 e. The topological polar surface area (TPSA) is 61.3 Å². The van der Waals surface area contributed by atoms with Crippen molar-refractivity contribution in [3.63, 3.8) is 0 Å². The fraction of sp³-hybridized carbons (Fsp3) is 0.364. The van der Waals surface area contributed by atoms with E-state index in [1.165, 1.54) is 11.3 Å². The van der Waals surface area contributed by atoms with Crippen LogP contribution in [0.5, 0.6) is 0 Å². The van der Waals surface area contributed by atoms with Gasteiger partial charge in [-0.2, -0.15) is 0 Å². The van der Waals surface area contributed by atoms with E-state index in [9.17, 15) is 0 Å². The predicted molar refractivity (Wildman–Crippen MR) is 115 cm³/mol. The molecule has 2 aliphatic rings. The zero-order chi connectivity index (χ0) is 19.6. The van der Waals surface area contributed by atoms with Gasteiger partial charge in [0.25, 0.3) is 0 Å². The number of piperazine rings is 1. The summed E-state index contributed by atoms with van der Waals surface area (Å²) in [4.78, 5) is 25.2. The van der Waals surface area contributed by atoms with Crippen LogP contribution in [0, 0.1) is 6.92 Å². The van der Waals surface area contributed by atoms with E-state index in [2.05, 4.69) is 55.0 Å². The van der Waals surface area contributed by atoms with Crippen molar-refractivity contribution in [2.24, 2.45) is 0 Å². The van der Waals surface area contributed by atoms with Crippen molar-refractivity contribution in [1.29, 1.82) is 0 Å². The molecular weight excluding hydrogens is 362 g/mol. The number of aromatic nitrogens is 4. The summed E-state index contributed by atoms with van der Waals surface area (Å²) < 4.78 is 0. The van der Waals surface area contributed by atoms with Crippen molar-refractivity contribution in [3.8, 4) is 0 Å². The van der Waals surface area contributed by atoms with E-state index in [0.29, 0.717) is 0 Å². The monoisotopic (exact) mass is 387 g/mol. The summed E-state index contributed by atoms with van der Waals surface area (Å²) in [5.41, 5.74) is 2.67. The van der Waals surface area contributed by atoms with Gasteiger partial charge >= 0.3 is 0 Å². The zero-order valence-corrected chi connectivity index (χ0v) is 16.7. The second-order valence-electron chi connectivity index (χ2n) is 7.54. The fourth-order valence-corrected chi connectivity index (χ4v) is 4.20. The van der Waals surface area contributed by atoms with Gasteiger partial charge in [-0.25, -0.2) is 19.9 Å². The summed E-state index contributed by atoms with van der Waals surface area (Å²) in [6, 6.07) is 12.6. The first-order valence-electron chi connectivity index (χ1n) is 10.3. The second kappa shape index (κ2) is 7.66. The Morgan fingerprint density at radius 3 is 2.34 bits per heavy atom. The van der Waals surface area contributed by atoms with Gasteiger partial charge < -0.3 is 14.7 Å². The Balaban J connectivity index is 1.37. The summed E-state index contributed by atoms with van der Waals surface area (Å²) in [6.45, 7) is 6.53. The van der Waals surface area contributed by atoms with Crippen molar-refractivity contribution < 1.29 is 0 Å². The first-order valence-corrected chi connectivity index (χ1v) is 10.3. The summed E-state index contributed by atoms with van der Waals surface area (Å²) in [5, 5.41) is 0. The van der Waals surface area contributed by atoms with E-state index >= 15 is 0 Å². The number of rotatable bonds is 3. The Hall–Kier alpha value is -3.22. The highest BCUT2D eigenvalue weighted by Gasteiger charge is 2.23. The van der Waals surface area contributed by atoms with Crippen LogP contribution >= 0.6 is 0 Å². The van der Waals surface area contributed by atoms with Crippen LogP contribution in [0.1, 0.15) is 17.8 Å². The molecule has 5 rings (SSSR count). The van der Waals surface area contributed by atoms with Crippen LogP contribution in [-0.2, 0) is 6.42 Å². The molecule has 0 bridgehead atoms. The molecule has 0 aliphatic carbocycles. The molecule has 4 heterocycles. The van der Waals surface area contributed by atoms with Crippen molar-refractivity contribution in [1.82, 2.24) is 19.9 Å². The number of benzene rings is 1. The SMILES string of the molecule is Cc1nc(N2CCN(c3ncccn3)CC2)cc(N2CCCc3ccccc32)n1. The molecule has 1 saturated heterocycles. The maximum absolute atomic E-state index is 4.77. The van der Waals surface area contributed by atoms with Crippen molar-refractivity contribution in [3.05, 3.63) is 60.2 Å². The van der Waals surface area contributed by atoms with Crippen LogP contribution in [0.3, 0.4) is 0 Å². The van der Waals surface area contributed by atoms with Crippen LogP contribution in [0.2, 0.25) is 0 Å². The first kappa shape index (κ1) is 17.8. The minimum Gasteiger partial charge on any atom is -0.353 e. The van der Waals surface area contributed by atoms with E-state index in [0.717, 1.165) is 69.0 Å². The van der Waals surface area contributed by atoms with Gasteiger partial charge in [-0.3, -0.25) is 0 Å². The largest absolute Gasteiger partial charge is 0.353 e. The number of para-hydroxylation sites is 1. The first-order chi connectivity index (χ1) is 14.3. The third-order valence-electron chi connectivity index (χ3n) is 5.64. The Bertz CT molecular complexity index is 983. The molecule has 0 saturated carbocycles. The van der Waals surface area contributed by atoms with Crippen LogP contribution in [0.4, 0.5) is 23.3 Å². The zero-order valence-electron chi connectivity index (χ0n) is 16.7. The molecule has 7 heteroatoms. The maximum atomic E-state index is 4.77. The number of hydrogen-bond acceptors (Lipinski definition) is 7. The normalized spacial score (nSPS) is 16.7. The molecule has 2 aromatic heterocycles. The van der Waals surface area contributed by atoms with E-state index < -0.39 is 0 Å². The summed E-state index contributed by atoms with van der Waals surface area (Å²) in [7, 11) is 0. The molecule has 0 spiro atoms. The predicted octanol–water partition coefficient (Wildman–Crippen LogP) is 2.99. The van der Waals surface area contributed by atoms with Gasteiger partial charge in [-0.1, -0.05) is 18.2 Å². The number of nitrogens with zero attached hydrogens (tertiary/aromatic N) is 7. The molecule has 0 radical (unpaired) electrons. The molecule has 0 atom stereocenters. The lowest BCUT2D eigenvalue weighted by Gasteiger charge is -2.36. The smallest absolute Gasteiger partial charge is 0.225 e. The average Bonchev–Trinajstić information content (AvgIpc) is 2.79. The molecule has 0 N–H and O–H groups in total. The summed E-state index contributed by atoms with van der Waals surface area (Å²) >= 11 is 0. The van der Waals surface area contributed by atoms with Crippen molar-refractivity contribution in [2.75, 3.05) is 47.4 Å². The van der Waals surface area contributed by atoms with E-state index in [1.807, 2.05) is 13.0 Å². The van der Waals surface area contributed by atoms with Gasteiger partial charge in [-0.15, -0.1) is 0 Å². The molecule has 7 nitrogen and oxygen atoms in total. The Morgan fingerprint density at radius 2 is 1.52 bits per heavy atom. The molecule has 2 aliphatic heterocycles. The third-order valence-corrected chi connectivity index (χ3v) is 5.64. The lowest BCUT2D eigenvalue weighted by Crippen LogP contribution is -2.47. The highest BCUT2D eigenvalue weighted by molar-refractivity contribution is 5.67. The minimum atomic E-state index is 0.802. The van der Waals surface area contributed by atoms with Crippen LogP contribution in [0.25, 0.3) is 0 Å². The van der Waals surface area contributed by atoms with Crippen molar-refractivity contribution >= 4 is 23.3 Å². The van der Waals surface area contributed by atoms with Gasteiger partial charge in [0.05, 0.1) is 0 Å². The van der Waals surface area contributed by atoms with E-state index in [1.54, 1.807) is 12.4 Å². The summed E-state index contributed by atoms with van der Waals surface area (Å²) in [6.07, 6.45) is 5.87.